The molecule has 0 aliphatic rings. The van der Waals surface area contributed by atoms with E-state index in [0.29, 0.717) is 17.9 Å². The van der Waals surface area contributed by atoms with Crippen molar-refractivity contribution in [3.63, 3.8) is 0 Å². The molecule has 2 rings (SSSR count). The summed E-state index contributed by atoms with van der Waals surface area (Å²) in [4.78, 5) is 0. The first-order chi connectivity index (χ1) is 12.8. The maximum atomic E-state index is 13.4. The van der Waals surface area contributed by atoms with E-state index in [2.05, 4.69) is 0 Å². The van der Waals surface area contributed by atoms with E-state index in [1.807, 2.05) is 6.92 Å². The molecule has 0 radical (unpaired) electrons. The summed E-state index contributed by atoms with van der Waals surface area (Å²) in [5, 5.41) is 0. The Bertz CT molecular complexity index is 730. The summed E-state index contributed by atoms with van der Waals surface area (Å²) in [7, 11) is 1.45. The van der Waals surface area contributed by atoms with Crippen molar-refractivity contribution >= 4 is 0 Å². The molecule has 0 amide bonds. The minimum absolute atomic E-state index is 0.0639. The van der Waals surface area contributed by atoms with Crippen LogP contribution in [0, 0.1) is 0 Å². The Morgan fingerprint density at radius 3 is 2.19 bits per heavy atom. The maximum Gasteiger partial charge on any atom is 0.419 e. The van der Waals surface area contributed by atoms with Crippen LogP contribution in [-0.2, 0) is 16.5 Å². The average molecular weight is 383 g/mol. The fourth-order valence-corrected chi connectivity index (χ4v) is 2.92. The Morgan fingerprint density at radius 2 is 1.67 bits per heavy atom. The van der Waals surface area contributed by atoms with E-state index in [9.17, 15) is 13.2 Å². The number of methoxy groups -OCH3 is 1. The molecule has 0 aliphatic heterocycles. The molecule has 2 aromatic carbocycles. The van der Waals surface area contributed by atoms with Gasteiger partial charge in [-0.2, -0.15) is 13.2 Å². The lowest BCUT2D eigenvalue weighted by molar-refractivity contribution is -0.142. The quantitative estimate of drug-likeness (QED) is 0.735. The van der Waals surface area contributed by atoms with Gasteiger partial charge in [0.1, 0.15) is 17.6 Å². The van der Waals surface area contributed by atoms with Crippen LogP contribution in [0.4, 0.5) is 13.2 Å². The summed E-state index contributed by atoms with van der Waals surface area (Å²) in [6, 6.07) is 12.0. The van der Waals surface area contributed by atoms with Crippen LogP contribution in [0.2, 0.25) is 0 Å². The van der Waals surface area contributed by atoms with Gasteiger partial charge in [0, 0.05) is 13.7 Å². The van der Waals surface area contributed by atoms with E-state index >= 15 is 0 Å². The molecule has 0 fully saturated rings. The van der Waals surface area contributed by atoms with E-state index in [4.69, 9.17) is 19.9 Å². The lowest BCUT2D eigenvalue weighted by Crippen LogP contribution is -2.47. The molecule has 0 bridgehead atoms. The first-order valence-electron chi connectivity index (χ1n) is 8.57. The third kappa shape index (κ3) is 4.73. The van der Waals surface area contributed by atoms with E-state index in [-0.39, 0.29) is 12.3 Å². The highest BCUT2D eigenvalue weighted by atomic mass is 19.4. The SMILES string of the molecule is CCOc1ccc(C(C)(Oc2ccccc2C(F)(F)F)C(CN)OC)cc1. The Morgan fingerprint density at radius 1 is 1.04 bits per heavy atom. The van der Waals surface area contributed by atoms with Gasteiger partial charge in [0.25, 0.3) is 0 Å². The third-order valence-electron chi connectivity index (χ3n) is 4.37. The first-order valence-corrected chi connectivity index (χ1v) is 8.57. The van der Waals surface area contributed by atoms with Crippen molar-refractivity contribution < 1.29 is 27.4 Å². The monoisotopic (exact) mass is 383 g/mol. The summed E-state index contributed by atoms with van der Waals surface area (Å²) < 4.78 is 56.9. The number of benzene rings is 2. The van der Waals surface area contributed by atoms with Crippen molar-refractivity contribution in [1.82, 2.24) is 0 Å². The van der Waals surface area contributed by atoms with Crippen molar-refractivity contribution in [1.29, 1.82) is 0 Å². The van der Waals surface area contributed by atoms with Crippen LogP contribution in [0.25, 0.3) is 0 Å². The molecule has 0 aliphatic carbocycles. The number of hydrogen-bond donors (Lipinski definition) is 1. The zero-order chi connectivity index (χ0) is 20.1. The molecule has 2 atom stereocenters. The Kier molecular flexibility index (Phi) is 6.73. The van der Waals surface area contributed by atoms with Gasteiger partial charge in [-0.1, -0.05) is 24.3 Å². The summed E-state index contributed by atoms with van der Waals surface area (Å²) in [6.45, 7) is 4.10. The largest absolute Gasteiger partial charge is 0.494 e. The number of halogens is 3. The molecule has 0 saturated carbocycles. The average Bonchev–Trinajstić information content (AvgIpc) is 2.63. The topological polar surface area (TPSA) is 53.7 Å². The van der Waals surface area contributed by atoms with Gasteiger partial charge in [-0.3, -0.25) is 0 Å². The van der Waals surface area contributed by atoms with Gasteiger partial charge < -0.3 is 19.9 Å². The number of hydrogen-bond acceptors (Lipinski definition) is 4. The zero-order valence-corrected chi connectivity index (χ0v) is 15.5. The zero-order valence-electron chi connectivity index (χ0n) is 15.5. The number of ether oxygens (including phenoxy) is 3. The van der Waals surface area contributed by atoms with Gasteiger partial charge in [0.15, 0.2) is 5.60 Å². The van der Waals surface area contributed by atoms with Gasteiger partial charge in [0.05, 0.1) is 12.2 Å². The number of para-hydroxylation sites is 1. The van der Waals surface area contributed by atoms with Crippen LogP contribution >= 0.6 is 0 Å². The number of alkyl halides is 3. The van der Waals surface area contributed by atoms with Gasteiger partial charge in [-0.15, -0.1) is 0 Å². The molecular weight excluding hydrogens is 359 g/mol. The molecule has 7 heteroatoms. The minimum Gasteiger partial charge on any atom is -0.494 e. The molecular formula is C20H24F3NO3. The number of rotatable bonds is 8. The van der Waals surface area contributed by atoms with Crippen LogP contribution in [0.3, 0.4) is 0 Å². The van der Waals surface area contributed by atoms with E-state index in [1.165, 1.54) is 25.3 Å². The van der Waals surface area contributed by atoms with Gasteiger partial charge in [0.2, 0.25) is 0 Å². The fourth-order valence-electron chi connectivity index (χ4n) is 2.92. The highest BCUT2D eigenvalue weighted by molar-refractivity contribution is 5.38. The third-order valence-corrected chi connectivity index (χ3v) is 4.37. The predicted octanol–water partition coefficient (Wildman–Crippen LogP) is 4.37. The second-order valence-corrected chi connectivity index (χ2v) is 6.12. The van der Waals surface area contributed by atoms with Crippen molar-refractivity contribution in [2.24, 2.45) is 5.73 Å². The second kappa shape index (κ2) is 8.63. The van der Waals surface area contributed by atoms with E-state index in [0.717, 1.165) is 6.07 Å². The highest BCUT2D eigenvalue weighted by Crippen LogP contribution is 2.40. The van der Waals surface area contributed by atoms with Crippen molar-refractivity contribution in [2.75, 3.05) is 20.3 Å². The van der Waals surface area contributed by atoms with Crippen molar-refractivity contribution in [3.8, 4) is 11.5 Å². The molecule has 2 unspecified atom stereocenters. The maximum absolute atomic E-state index is 13.4. The number of nitrogens with two attached hydrogens (primary N) is 1. The molecule has 148 valence electrons. The minimum atomic E-state index is -4.54. The van der Waals surface area contributed by atoms with Crippen LogP contribution in [0.5, 0.6) is 11.5 Å². The molecule has 2 aromatic rings. The normalized spacial score (nSPS) is 15.1. The molecule has 2 N–H and O–H groups in total. The smallest absolute Gasteiger partial charge is 0.419 e. The predicted molar refractivity (Wildman–Crippen MR) is 96.9 cm³/mol. The Hall–Kier alpha value is -2.25. The van der Waals surface area contributed by atoms with Gasteiger partial charge in [-0.05, 0) is 43.7 Å². The van der Waals surface area contributed by atoms with E-state index in [1.54, 1.807) is 31.2 Å². The highest BCUT2D eigenvalue weighted by Gasteiger charge is 2.41. The fraction of sp³-hybridized carbons (Fsp3) is 0.400. The Labute approximate surface area is 157 Å². The molecule has 0 aromatic heterocycles. The van der Waals surface area contributed by atoms with Crippen molar-refractivity contribution in [3.05, 3.63) is 59.7 Å². The van der Waals surface area contributed by atoms with Crippen LogP contribution in [-0.4, -0.2) is 26.4 Å². The summed E-state index contributed by atoms with van der Waals surface area (Å²) in [5.41, 5.74) is 4.34. The molecule has 0 saturated heterocycles. The summed E-state index contributed by atoms with van der Waals surface area (Å²) >= 11 is 0. The summed E-state index contributed by atoms with van der Waals surface area (Å²) in [6.07, 6.45) is -5.21. The van der Waals surface area contributed by atoms with Crippen LogP contribution < -0.4 is 15.2 Å². The molecule has 27 heavy (non-hydrogen) atoms. The summed E-state index contributed by atoms with van der Waals surface area (Å²) in [5.74, 6) is 0.373. The van der Waals surface area contributed by atoms with Crippen LogP contribution in [0.1, 0.15) is 25.0 Å². The van der Waals surface area contributed by atoms with Crippen molar-refractivity contribution in [2.45, 2.75) is 31.7 Å². The van der Waals surface area contributed by atoms with Gasteiger partial charge in [-0.25, -0.2) is 0 Å². The second-order valence-electron chi connectivity index (χ2n) is 6.12. The van der Waals surface area contributed by atoms with E-state index < -0.39 is 23.4 Å². The lowest BCUT2D eigenvalue weighted by Gasteiger charge is -2.37. The molecule has 0 heterocycles. The standard InChI is InChI=1S/C20H24F3NO3/c1-4-26-15-11-9-14(10-12-15)19(2,18(13-24)25-3)27-17-8-6-5-7-16(17)20(21,22)23/h5-12,18H,4,13,24H2,1-3H3. The first kappa shape index (κ1) is 21.1. The van der Waals surface area contributed by atoms with Crippen LogP contribution in [0.15, 0.2) is 48.5 Å². The molecule has 4 nitrogen and oxygen atoms in total. The Balaban J connectivity index is 2.49. The lowest BCUT2D eigenvalue weighted by atomic mass is 9.89. The molecule has 0 spiro atoms. The van der Waals surface area contributed by atoms with Gasteiger partial charge >= 0.3 is 6.18 Å².